The molecule has 0 aliphatic carbocycles. The maximum absolute atomic E-state index is 12.7. The van der Waals surface area contributed by atoms with E-state index in [1.165, 1.54) is 12.1 Å². The molecule has 0 radical (unpaired) electrons. The first kappa shape index (κ1) is 19.4. The van der Waals surface area contributed by atoms with E-state index >= 15 is 0 Å². The number of fused-ring (bicyclic) bond motifs is 1. The Labute approximate surface area is 153 Å². The Morgan fingerprint density at radius 1 is 1.07 bits per heavy atom. The van der Waals surface area contributed by atoms with Crippen LogP contribution >= 0.6 is 0 Å². The molecule has 27 heavy (non-hydrogen) atoms. The minimum Gasteiger partial charge on any atom is -0.467 e. The lowest BCUT2D eigenvalue weighted by molar-refractivity contribution is -0.137. The summed E-state index contributed by atoms with van der Waals surface area (Å²) in [7, 11) is 1.81. The average molecular weight is 384 g/mol. The van der Waals surface area contributed by atoms with Gasteiger partial charge in [0.2, 0.25) is 0 Å². The summed E-state index contributed by atoms with van der Waals surface area (Å²) in [5.74, 6) is 0.617. The normalized spacial score (nSPS) is 14.0. The third-order valence-corrected chi connectivity index (χ3v) is 4.18. The van der Waals surface area contributed by atoms with Crippen LogP contribution in [0.25, 0.3) is 0 Å². The summed E-state index contributed by atoms with van der Waals surface area (Å²) in [6.07, 6.45) is -4.36. The quantitative estimate of drug-likeness (QED) is 0.765. The van der Waals surface area contributed by atoms with E-state index in [2.05, 4.69) is 0 Å². The molecule has 3 rings (SSSR count). The standard InChI is InChI=1S/C18H19F3N2O4/c1-22(8-12-2-4-15(5-3-12)18(19,20)21)9-13-6-16(23(24)25)7-14-10-26-11-27-17(13)14/h2-7,24-25H,8-11H2,1H3. The van der Waals surface area contributed by atoms with E-state index in [0.29, 0.717) is 30.0 Å². The van der Waals surface area contributed by atoms with Crippen molar-refractivity contribution in [2.45, 2.75) is 25.9 Å². The Bertz CT molecular complexity index is 794. The van der Waals surface area contributed by atoms with Crippen LogP contribution in [0.5, 0.6) is 5.75 Å². The van der Waals surface area contributed by atoms with E-state index in [1.807, 2.05) is 11.9 Å². The number of ether oxygens (including phenoxy) is 2. The third-order valence-electron chi connectivity index (χ3n) is 4.18. The Hall–Kier alpha value is -2.33. The van der Waals surface area contributed by atoms with Gasteiger partial charge in [0.25, 0.3) is 0 Å². The van der Waals surface area contributed by atoms with Crippen molar-refractivity contribution in [3.8, 4) is 5.75 Å². The third kappa shape index (κ3) is 4.69. The topological polar surface area (TPSA) is 65.4 Å². The minimum absolute atomic E-state index is 0.0221. The SMILES string of the molecule is CN(Cc1ccc(C(F)(F)F)cc1)Cc1cc(N(O)O)cc2c1OCOC2. The van der Waals surface area contributed by atoms with Crippen molar-refractivity contribution in [3.05, 3.63) is 58.7 Å². The van der Waals surface area contributed by atoms with Crippen molar-refractivity contribution in [2.75, 3.05) is 19.1 Å². The lowest BCUT2D eigenvalue weighted by atomic mass is 10.1. The molecule has 0 saturated carbocycles. The van der Waals surface area contributed by atoms with Gasteiger partial charge in [-0.3, -0.25) is 15.3 Å². The second-order valence-electron chi connectivity index (χ2n) is 6.36. The van der Waals surface area contributed by atoms with Crippen LogP contribution in [-0.4, -0.2) is 29.2 Å². The van der Waals surface area contributed by atoms with Gasteiger partial charge in [-0.2, -0.15) is 13.2 Å². The highest BCUT2D eigenvalue weighted by molar-refractivity contribution is 5.55. The van der Waals surface area contributed by atoms with Gasteiger partial charge in [0.15, 0.2) is 6.79 Å². The van der Waals surface area contributed by atoms with Gasteiger partial charge in [-0.1, -0.05) is 12.1 Å². The van der Waals surface area contributed by atoms with Crippen LogP contribution in [0, 0.1) is 0 Å². The van der Waals surface area contributed by atoms with E-state index in [0.717, 1.165) is 17.7 Å². The number of benzene rings is 2. The molecule has 2 N–H and O–H groups in total. The van der Waals surface area contributed by atoms with Gasteiger partial charge >= 0.3 is 6.18 Å². The highest BCUT2D eigenvalue weighted by atomic mass is 19.4. The number of alkyl halides is 3. The smallest absolute Gasteiger partial charge is 0.416 e. The Morgan fingerprint density at radius 3 is 2.41 bits per heavy atom. The fourth-order valence-corrected chi connectivity index (χ4v) is 2.97. The number of hydrogen-bond acceptors (Lipinski definition) is 6. The Balaban J connectivity index is 1.75. The van der Waals surface area contributed by atoms with Gasteiger partial charge in [0.05, 0.1) is 17.9 Å². The van der Waals surface area contributed by atoms with Gasteiger partial charge in [-0.25, -0.2) is 0 Å². The maximum atomic E-state index is 12.7. The van der Waals surface area contributed by atoms with Crippen LogP contribution in [0.2, 0.25) is 0 Å². The predicted molar refractivity (Wildman–Crippen MR) is 89.4 cm³/mol. The first-order valence-corrected chi connectivity index (χ1v) is 8.13. The van der Waals surface area contributed by atoms with E-state index in [1.54, 1.807) is 12.1 Å². The molecule has 0 aromatic heterocycles. The van der Waals surface area contributed by atoms with Crippen LogP contribution in [0.3, 0.4) is 0 Å². The number of rotatable bonds is 5. The molecule has 2 aromatic rings. The summed E-state index contributed by atoms with van der Waals surface area (Å²) in [5, 5.41) is 18.6. The van der Waals surface area contributed by atoms with Crippen molar-refractivity contribution in [1.29, 1.82) is 0 Å². The molecule has 0 unspecified atom stereocenters. The molecule has 1 aliphatic rings. The number of halogens is 3. The number of anilines is 1. The van der Waals surface area contributed by atoms with Gasteiger partial charge in [-0.05, 0) is 36.9 Å². The van der Waals surface area contributed by atoms with Crippen molar-refractivity contribution >= 4 is 5.69 Å². The molecular weight excluding hydrogens is 365 g/mol. The molecular formula is C18H19F3N2O4. The van der Waals surface area contributed by atoms with Gasteiger partial charge in [-0.15, -0.1) is 5.23 Å². The zero-order valence-corrected chi connectivity index (χ0v) is 14.5. The second kappa shape index (κ2) is 7.73. The summed E-state index contributed by atoms with van der Waals surface area (Å²) in [6, 6.07) is 8.13. The highest BCUT2D eigenvalue weighted by Gasteiger charge is 2.30. The summed E-state index contributed by atoms with van der Waals surface area (Å²) in [5.41, 5.74) is 1.61. The monoisotopic (exact) mass is 384 g/mol. The first-order valence-electron chi connectivity index (χ1n) is 8.13. The minimum atomic E-state index is -4.36. The second-order valence-corrected chi connectivity index (χ2v) is 6.36. The zero-order chi connectivity index (χ0) is 19.6. The molecule has 2 aromatic carbocycles. The largest absolute Gasteiger partial charge is 0.467 e. The van der Waals surface area contributed by atoms with E-state index in [9.17, 15) is 23.6 Å². The number of hydrogen-bond donors (Lipinski definition) is 2. The molecule has 0 bridgehead atoms. The van der Waals surface area contributed by atoms with Crippen LogP contribution in [0.1, 0.15) is 22.3 Å². The van der Waals surface area contributed by atoms with Crippen LogP contribution < -0.4 is 9.96 Å². The predicted octanol–water partition coefficient (Wildman–Crippen LogP) is 3.79. The zero-order valence-electron chi connectivity index (χ0n) is 14.5. The summed E-state index contributed by atoms with van der Waals surface area (Å²) < 4.78 is 48.7. The average Bonchev–Trinajstić information content (AvgIpc) is 2.61. The lowest BCUT2D eigenvalue weighted by Crippen LogP contribution is -2.21. The molecule has 1 aliphatic heterocycles. The van der Waals surface area contributed by atoms with Gasteiger partial charge in [0.1, 0.15) is 5.75 Å². The molecule has 0 amide bonds. The van der Waals surface area contributed by atoms with Crippen molar-refractivity contribution in [2.24, 2.45) is 0 Å². The molecule has 1 heterocycles. The molecule has 146 valence electrons. The van der Waals surface area contributed by atoms with E-state index in [4.69, 9.17) is 9.47 Å². The van der Waals surface area contributed by atoms with Crippen LogP contribution in [-0.2, 0) is 30.6 Å². The molecule has 0 atom stereocenters. The summed E-state index contributed by atoms with van der Waals surface area (Å²) >= 11 is 0. The van der Waals surface area contributed by atoms with Crippen molar-refractivity contribution < 1.29 is 33.1 Å². The fourth-order valence-electron chi connectivity index (χ4n) is 2.97. The summed E-state index contributed by atoms with van der Waals surface area (Å²) in [6.45, 7) is 1.19. The maximum Gasteiger partial charge on any atom is 0.416 e. The molecule has 0 saturated heterocycles. The fraction of sp³-hybridized carbons (Fsp3) is 0.333. The summed E-state index contributed by atoms with van der Waals surface area (Å²) in [4.78, 5) is 1.89. The lowest BCUT2D eigenvalue weighted by Gasteiger charge is -2.25. The Morgan fingerprint density at radius 2 is 1.78 bits per heavy atom. The van der Waals surface area contributed by atoms with Gasteiger partial charge in [0, 0.05) is 24.2 Å². The van der Waals surface area contributed by atoms with Crippen molar-refractivity contribution in [3.63, 3.8) is 0 Å². The van der Waals surface area contributed by atoms with E-state index < -0.39 is 11.7 Å². The Kier molecular flexibility index (Phi) is 5.56. The number of nitrogens with zero attached hydrogens (tertiary/aromatic N) is 2. The highest BCUT2D eigenvalue weighted by Crippen LogP contribution is 2.33. The van der Waals surface area contributed by atoms with Crippen LogP contribution in [0.15, 0.2) is 36.4 Å². The molecule has 6 nitrogen and oxygen atoms in total. The van der Waals surface area contributed by atoms with Crippen LogP contribution in [0.4, 0.5) is 18.9 Å². The van der Waals surface area contributed by atoms with Crippen molar-refractivity contribution in [1.82, 2.24) is 4.90 Å². The van der Waals surface area contributed by atoms with E-state index in [-0.39, 0.29) is 24.3 Å². The van der Waals surface area contributed by atoms with Gasteiger partial charge < -0.3 is 9.47 Å². The molecule has 9 heteroatoms. The molecule has 0 spiro atoms. The molecule has 0 fully saturated rings. The first-order chi connectivity index (χ1) is 12.7.